The second-order valence-corrected chi connectivity index (χ2v) is 4.58. The van der Waals surface area contributed by atoms with Gasteiger partial charge in [-0.05, 0) is 36.3 Å². The molecule has 110 valence electrons. The molecule has 0 radical (unpaired) electrons. The van der Waals surface area contributed by atoms with E-state index < -0.39 is 0 Å². The zero-order valence-corrected chi connectivity index (χ0v) is 12.6. The van der Waals surface area contributed by atoms with E-state index in [9.17, 15) is 4.79 Å². The fourth-order valence-electron chi connectivity index (χ4n) is 1.56. The summed E-state index contributed by atoms with van der Waals surface area (Å²) in [5, 5.41) is 5.94. The minimum Gasteiger partial charge on any atom is -0.497 e. The summed E-state index contributed by atoms with van der Waals surface area (Å²) in [4.78, 5) is 11.8. The lowest BCUT2D eigenvalue weighted by Crippen LogP contribution is -2.40. The van der Waals surface area contributed by atoms with Crippen LogP contribution in [0.25, 0.3) is 0 Å². The summed E-state index contributed by atoms with van der Waals surface area (Å²) in [6, 6.07) is 7.36. The lowest BCUT2D eigenvalue weighted by molar-refractivity contribution is -0.119. The quantitative estimate of drug-likeness (QED) is 0.586. The van der Waals surface area contributed by atoms with Gasteiger partial charge in [-0.15, -0.1) is 0 Å². The van der Waals surface area contributed by atoms with Gasteiger partial charge in [0.25, 0.3) is 0 Å². The van der Waals surface area contributed by atoms with E-state index in [-0.39, 0.29) is 12.3 Å². The first-order valence-electron chi connectivity index (χ1n) is 6.35. The Balaban J connectivity index is 2.29. The highest BCUT2D eigenvalue weighted by Crippen LogP contribution is 2.11. The number of hydrogen-bond acceptors (Lipinski definition) is 4. The third-order valence-electron chi connectivity index (χ3n) is 2.59. The predicted octanol–water partition coefficient (Wildman–Crippen LogP) is 1.26. The van der Waals surface area contributed by atoms with Gasteiger partial charge in [0.05, 0.1) is 13.5 Å². The van der Waals surface area contributed by atoms with Gasteiger partial charge in [-0.1, -0.05) is 12.1 Å². The molecule has 1 aromatic rings. The summed E-state index contributed by atoms with van der Waals surface area (Å²) in [6.45, 7) is 1.34. The van der Waals surface area contributed by atoms with Crippen molar-refractivity contribution in [2.45, 2.75) is 12.8 Å². The molecular weight excluding hydrogens is 276 g/mol. The monoisotopic (exact) mass is 296 g/mol. The van der Waals surface area contributed by atoms with Gasteiger partial charge < -0.3 is 20.1 Å². The molecule has 1 rings (SSSR count). The van der Waals surface area contributed by atoms with Crippen LogP contribution in [0, 0.1) is 0 Å². The van der Waals surface area contributed by atoms with Crippen molar-refractivity contribution in [2.75, 3.05) is 27.4 Å². The molecule has 0 atom stereocenters. The van der Waals surface area contributed by atoms with Gasteiger partial charge in [-0.3, -0.25) is 4.79 Å². The molecule has 0 aliphatic carbocycles. The molecule has 0 aliphatic heterocycles. The van der Waals surface area contributed by atoms with Crippen LogP contribution in [0.3, 0.4) is 0 Å². The predicted molar refractivity (Wildman–Crippen MR) is 81.9 cm³/mol. The van der Waals surface area contributed by atoms with E-state index in [4.69, 9.17) is 21.7 Å². The van der Waals surface area contributed by atoms with E-state index in [1.165, 1.54) is 0 Å². The van der Waals surface area contributed by atoms with Gasteiger partial charge in [0.1, 0.15) is 5.75 Å². The van der Waals surface area contributed by atoms with Crippen molar-refractivity contribution in [3.63, 3.8) is 0 Å². The summed E-state index contributed by atoms with van der Waals surface area (Å²) >= 11 is 5.03. The number of carbonyl (C=O) groups is 1. The molecule has 0 saturated heterocycles. The Morgan fingerprint density at radius 3 is 2.55 bits per heavy atom. The maximum Gasteiger partial charge on any atom is 0.230 e. The second kappa shape index (κ2) is 9.28. The van der Waals surface area contributed by atoms with Gasteiger partial charge in [0.15, 0.2) is 5.11 Å². The number of thiocarbonyl (C=S) groups is 1. The molecule has 1 amide bonds. The first-order chi connectivity index (χ1) is 9.65. The molecule has 5 nitrogen and oxygen atoms in total. The molecule has 0 unspecified atom stereocenters. The molecule has 0 fully saturated rings. The van der Waals surface area contributed by atoms with Crippen LogP contribution in [0.15, 0.2) is 24.3 Å². The van der Waals surface area contributed by atoms with Gasteiger partial charge in [-0.25, -0.2) is 0 Å². The third-order valence-corrected chi connectivity index (χ3v) is 2.83. The zero-order chi connectivity index (χ0) is 14.8. The molecule has 6 heteroatoms. The average molecular weight is 296 g/mol. The molecule has 20 heavy (non-hydrogen) atoms. The number of benzene rings is 1. The number of carbonyl (C=O) groups excluding carboxylic acids is 1. The van der Waals surface area contributed by atoms with Crippen LogP contribution >= 0.6 is 12.2 Å². The second-order valence-electron chi connectivity index (χ2n) is 4.18. The first kappa shape index (κ1) is 16.4. The van der Waals surface area contributed by atoms with Crippen molar-refractivity contribution < 1.29 is 14.3 Å². The largest absolute Gasteiger partial charge is 0.497 e. The van der Waals surface area contributed by atoms with Crippen LogP contribution in [0.5, 0.6) is 5.75 Å². The maximum atomic E-state index is 11.8. The van der Waals surface area contributed by atoms with E-state index in [2.05, 4.69) is 10.6 Å². The Kier molecular flexibility index (Phi) is 7.60. The van der Waals surface area contributed by atoms with Crippen molar-refractivity contribution in [3.8, 4) is 5.75 Å². The summed E-state index contributed by atoms with van der Waals surface area (Å²) < 4.78 is 9.98. The number of nitrogens with one attached hydrogen (secondary N) is 2. The minimum atomic E-state index is -0.139. The van der Waals surface area contributed by atoms with Gasteiger partial charge in [0.2, 0.25) is 5.91 Å². The van der Waals surface area contributed by atoms with Crippen molar-refractivity contribution in [2.24, 2.45) is 0 Å². The molecule has 0 aromatic heterocycles. The fourth-order valence-corrected chi connectivity index (χ4v) is 1.78. The van der Waals surface area contributed by atoms with Crippen LogP contribution in [-0.2, 0) is 16.0 Å². The van der Waals surface area contributed by atoms with Gasteiger partial charge in [0, 0.05) is 20.3 Å². The number of ether oxygens (including phenoxy) is 2. The summed E-state index contributed by atoms with van der Waals surface area (Å²) in [5.41, 5.74) is 0.908. The molecule has 0 aliphatic rings. The smallest absolute Gasteiger partial charge is 0.230 e. The van der Waals surface area contributed by atoms with Crippen LogP contribution < -0.4 is 15.4 Å². The molecule has 2 N–H and O–H groups in total. The molecule has 0 saturated carbocycles. The highest BCUT2D eigenvalue weighted by Gasteiger charge is 2.05. The Hall–Kier alpha value is -1.66. The number of amides is 1. The van der Waals surface area contributed by atoms with E-state index in [1.807, 2.05) is 24.3 Å². The first-order valence-corrected chi connectivity index (χ1v) is 6.76. The molecule has 0 bridgehead atoms. The topological polar surface area (TPSA) is 59.6 Å². The normalized spacial score (nSPS) is 9.90. The number of rotatable bonds is 7. The van der Waals surface area contributed by atoms with E-state index in [0.29, 0.717) is 18.3 Å². The maximum absolute atomic E-state index is 11.8. The Morgan fingerprint density at radius 1 is 1.25 bits per heavy atom. The zero-order valence-electron chi connectivity index (χ0n) is 11.8. The molecule has 0 heterocycles. The fraction of sp³-hybridized carbons (Fsp3) is 0.429. The third kappa shape index (κ3) is 6.49. The summed E-state index contributed by atoms with van der Waals surface area (Å²) in [5.74, 6) is 0.629. The summed E-state index contributed by atoms with van der Waals surface area (Å²) in [7, 11) is 3.25. The molecule has 1 aromatic carbocycles. The Morgan fingerprint density at radius 2 is 1.95 bits per heavy atom. The van der Waals surface area contributed by atoms with Crippen molar-refractivity contribution in [1.82, 2.24) is 10.6 Å². The van der Waals surface area contributed by atoms with E-state index >= 15 is 0 Å². The number of methoxy groups -OCH3 is 2. The average Bonchev–Trinajstić information content (AvgIpc) is 2.44. The number of hydrogen-bond donors (Lipinski definition) is 2. The molecular formula is C14H20N2O3S. The van der Waals surface area contributed by atoms with Crippen LogP contribution in [0.2, 0.25) is 0 Å². The molecule has 0 spiro atoms. The summed E-state index contributed by atoms with van der Waals surface area (Å²) in [6.07, 6.45) is 1.12. The standard InChI is InChI=1S/C14H20N2O3S/c1-18-9-3-8-15-14(20)16-13(17)10-11-4-6-12(19-2)7-5-11/h4-7H,3,8-10H2,1-2H3,(H2,15,16,17,20). The van der Waals surface area contributed by atoms with Crippen molar-refractivity contribution in [1.29, 1.82) is 0 Å². The van der Waals surface area contributed by atoms with E-state index in [1.54, 1.807) is 14.2 Å². The highest BCUT2D eigenvalue weighted by molar-refractivity contribution is 7.80. The lowest BCUT2D eigenvalue weighted by atomic mass is 10.1. The van der Waals surface area contributed by atoms with Gasteiger partial charge in [-0.2, -0.15) is 0 Å². The van der Waals surface area contributed by atoms with Crippen molar-refractivity contribution >= 4 is 23.2 Å². The SMILES string of the molecule is COCCCNC(=S)NC(=O)Cc1ccc(OC)cc1. The Bertz CT molecular complexity index is 435. The van der Waals surface area contributed by atoms with Crippen LogP contribution in [0.4, 0.5) is 0 Å². The Labute approximate surface area is 124 Å². The van der Waals surface area contributed by atoms with Gasteiger partial charge >= 0.3 is 0 Å². The highest BCUT2D eigenvalue weighted by atomic mass is 32.1. The van der Waals surface area contributed by atoms with Crippen molar-refractivity contribution in [3.05, 3.63) is 29.8 Å². The van der Waals surface area contributed by atoms with Crippen LogP contribution in [0.1, 0.15) is 12.0 Å². The van der Waals surface area contributed by atoms with E-state index in [0.717, 1.165) is 17.7 Å². The van der Waals surface area contributed by atoms with Crippen LogP contribution in [-0.4, -0.2) is 38.4 Å². The minimum absolute atomic E-state index is 0.139. The lowest BCUT2D eigenvalue weighted by Gasteiger charge is -2.09.